The number of ether oxygens (including phenoxy) is 2. The summed E-state index contributed by atoms with van der Waals surface area (Å²) in [5.41, 5.74) is 0.487. The summed E-state index contributed by atoms with van der Waals surface area (Å²) in [5.74, 6) is -1.00. The van der Waals surface area contributed by atoms with Crippen molar-refractivity contribution < 1.29 is 24.1 Å². The van der Waals surface area contributed by atoms with Gasteiger partial charge >= 0.3 is 5.69 Å². The Balaban J connectivity index is 1.94. The largest absolute Gasteiger partial charge is 0.493 e. The number of carbonyl (C=O) groups is 1. The van der Waals surface area contributed by atoms with E-state index in [-0.39, 0.29) is 27.8 Å². The highest BCUT2D eigenvalue weighted by atomic mass is 35.5. The summed E-state index contributed by atoms with van der Waals surface area (Å²) in [7, 11) is 1.30. The molecule has 0 aliphatic heterocycles. The van der Waals surface area contributed by atoms with Crippen LogP contribution in [0.15, 0.2) is 60.2 Å². The van der Waals surface area contributed by atoms with Gasteiger partial charge in [0, 0.05) is 11.8 Å². The van der Waals surface area contributed by atoms with Crippen molar-refractivity contribution in [2.75, 3.05) is 12.4 Å². The highest BCUT2D eigenvalue weighted by Gasteiger charge is 2.23. The molecule has 0 unspecified atom stereocenters. The van der Waals surface area contributed by atoms with Crippen LogP contribution < -0.4 is 14.8 Å². The molecule has 1 amide bonds. The molecule has 0 saturated carbocycles. The van der Waals surface area contributed by atoms with E-state index in [1.165, 1.54) is 25.3 Å². The molecular weight excluding hydrogens is 492 g/mol. The molecule has 0 fully saturated rings. The molecule has 0 spiro atoms. The van der Waals surface area contributed by atoms with Crippen LogP contribution >= 0.6 is 11.6 Å². The van der Waals surface area contributed by atoms with Crippen LogP contribution in [0.2, 0.25) is 5.02 Å². The highest BCUT2D eigenvalue weighted by Crippen LogP contribution is 2.43. The number of anilines is 1. The SMILES string of the molecule is COc1cc(/C=C(\C#N)C(=O)Nc2ccc(C)cc2)cc(Cl)c1Oc1ccc([N+](=O)[O-])cc1[N+](=O)[O-]. The maximum atomic E-state index is 12.6. The normalized spacial score (nSPS) is 10.8. The number of aryl methyl sites for hydroxylation is 1. The zero-order chi connectivity index (χ0) is 26.4. The first-order chi connectivity index (χ1) is 17.1. The maximum absolute atomic E-state index is 12.6. The number of hydrogen-bond acceptors (Lipinski definition) is 8. The Morgan fingerprint density at radius 3 is 2.33 bits per heavy atom. The van der Waals surface area contributed by atoms with Crippen molar-refractivity contribution in [1.29, 1.82) is 5.26 Å². The Bertz CT molecular complexity index is 1430. The summed E-state index contributed by atoms with van der Waals surface area (Å²) in [4.78, 5) is 33.3. The van der Waals surface area contributed by atoms with Gasteiger partial charge in [0.15, 0.2) is 11.5 Å². The number of non-ortho nitro benzene ring substituents is 1. The van der Waals surface area contributed by atoms with Crippen LogP contribution in [0.3, 0.4) is 0 Å². The molecule has 0 bridgehead atoms. The van der Waals surface area contributed by atoms with E-state index < -0.39 is 27.1 Å². The standard InChI is InChI=1S/C24H17ClN4O7/c1-14-3-5-17(6-4-14)27-24(30)16(13-26)9-15-10-19(25)23(22(11-15)35-2)36-21-8-7-18(28(31)32)12-20(21)29(33)34/h3-12H,1-2H3,(H,27,30)/b16-9+. The van der Waals surface area contributed by atoms with Crippen molar-refractivity contribution in [3.8, 4) is 23.3 Å². The van der Waals surface area contributed by atoms with Gasteiger partial charge in [0.2, 0.25) is 5.75 Å². The van der Waals surface area contributed by atoms with Gasteiger partial charge in [-0.2, -0.15) is 5.26 Å². The lowest BCUT2D eigenvalue weighted by atomic mass is 10.1. The molecular formula is C24H17ClN4O7. The number of amides is 1. The lowest BCUT2D eigenvalue weighted by Crippen LogP contribution is -2.13. The molecule has 0 aliphatic rings. The average molecular weight is 509 g/mol. The molecule has 0 saturated heterocycles. The van der Waals surface area contributed by atoms with Crippen LogP contribution in [-0.2, 0) is 4.79 Å². The number of hydrogen-bond donors (Lipinski definition) is 1. The fraction of sp³-hybridized carbons (Fsp3) is 0.0833. The molecule has 182 valence electrons. The summed E-state index contributed by atoms with van der Waals surface area (Å²) in [6.45, 7) is 1.90. The third-order valence-corrected chi connectivity index (χ3v) is 5.08. The number of carbonyl (C=O) groups excluding carboxylic acids is 1. The van der Waals surface area contributed by atoms with Crippen molar-refractivity contribution >= 4 is 40.6 Å². The van der Waals surface area contributed by atoms with Crippen molar-refractivity contribution in [3.05, 3.63) is 96.5 Å². The monoisotopic (exact) mass is 508 g/mol. The van der Waals surface area contributed by atoms with E-state index in [2.05, 4.69) is 5.32 Å². The minimum Gasteiger partial charge on any atom is -0.493 e. The molecule has 3 aromatic carbocycles. The second kappa shape index (κ2) is 11.0. The summed E-state index contributed by atoms with van der Waals surface area (Å²) in [6.07, 6.45) is 1.29. The Kier molecular flexibility index (Phi) is 7.83. The van der Waals surface area contributed by atoms with Gasteiger partial charge in [0.05, 0.1) is 28.0 Å². The van der Waals surface area contributed by atoms with Crippen LogP contribution in [0.5, 0.6) is 17.2 Å². The van der Waals surface area contributed by atoms with Gasteiger partial charge in [-0.25, -0.2) is 0 Å². The molecule has 0 atom stereocenters. The molecule has 3 aromatic rings. The number of nitriles is 1. The van der Waals surface area contributed by atoms with Gasteiger partial charge in [0.1, 0.15) is 11.6 Å². The number of nitro benzene ring substituents is 2. The molecule has 0 radical (unpaired) electrons. The second-order valence-electron chi connectivity index (χ2n) is 7.29. The van der Waals surface area contributed by atoms with Crippen molar-refractivity contribution in [1.82, 2.24) is 0 Å². The number of nitro groups is 2. The number of halogens is 1. The fourth-order valence-corrected chi connectivity index (χ4v) is 3.29. The molecule has 11 nitrogen and oxygen atoms in total. The summed E-state index contributed by atoms with van der Waals surface area (Å²) < 4.78 is 10.9. The molecule has 1 N–H and O–H groups in total. The predicted octanol–water partition coefficient (Wildman–Crippen LogP) is 5.81. The van der Waals surface area contributed by atoms with E-state index in [0.717, 1.165) is 23.8 Å². The van der Waals surface area contributed by atoms with Gasteiger partial charge in [-0.1, -0.05) is 29.3 Å². The van der Waals surface area contributed by atoms with Crippen LogP contribution in [0.1, 0.15) is 11.1 Å². The summed E-state index contributed by atoms with van der Waals surface area (Å²) in [6, 6.07) is 14.5. The zero-order valence-corrected chi connectivity index (χ0v) is 19.6. The summed E-state index contributed by atoms with van der Waals surface area (Å²) in [5, 5.41) is 34.4. The maximum Gasteiger partial charge on any atom is 0.318 e. The minimum atomic E-state index is -0.828. The van der Waals surface area contributed by atoms with Crippen LogP contribution in [0.4, 0.5) is 17.1 Å². The number of benzene rings is 3. The molecule has 0 aliphatic carbocycles. The second-order valence-corrected chi connectivity index (χ2v) is 7.70. The van der Waals surface area contributed by atoms with Crippen molar-refractivity contribution in [2.45, 2.75) is 6.92 Å². The molecule has 3 rings (SSSR count). The van der Waals surface area contributed by atoms with E-state index in [1.807, 2.05) is 25.1 Å². The number of nitrogens with one attached hydrogen (secondary N) is 1. The number of rotatable bonds is 8. The van der Waals surface area contributed by atoms with E-state index in [4.69, 9.17) is 21.1 Å². The lowest BCUT2D eigenvalue weighted by molar-refractivity contribution is -0.394. The average Bonchev–Trinajstić information content (AvgIpc) is 2.85. The first-order valence-electron chi connectivity index (χ1n) is 10.1. The highest BCUT2D eigenvalue weighted by molar-refractivity contribution is 6.32. The van der Waals surface area contributed by atoms with Crippen molar-refractivity contribution in [2.24, 2.45) is 0 Å². The molecule has 12 heteroatoms. The number of nitrogens with zero attached hydrogens (tertiary/aromatic N) is 3. The summed E-state index contributed by atoms with van der Waals surface area (Å²) >= 11 is 6.33. The third kappa shape index (κ3) is 5.94. The van der Waals surface area contributed by atoms with E-state index >= 15 is 0 Å². The van der Waals surface area contributed by atoms with Gasteiger partial charge in [-0.15, -0.1) is 0 Å². The quantitative estimate of drug-likeness (QED) is 0.173. The van der Waals surface area contributed by atoms with Crippen LogP contribution in [0, 0.1) is 38.5 Å². The Labute approximate surface area is 209 Å². The molecule has 0 aromatic heterocycles. The van der Waals surface area contributed by atoms with E-state index in [1.54, 1.807) is 12.1 Å². The smallest absolute Gasteiger partial charge is 0.318 e. The zero-order valence-electron chi connectivity index (χ0n) is 18.9. The Morgan fingerprint density at radius 1 is 1.06 bits per heavy atom. The minimum absolute atomic E-state index is 0.0395. The molecule has 36 heavy (non-hydrogen) atoms. The van der Waals surface area contributed by atoms with E-state index in [9.17, 15) is 30.3 Å². The van der Waals surface area contributed by atoms with Gasteiger partial charge < -0.3 is 14.8 Å². The van der Waals surface area contributed by atoms with Crippen LogP contribution in [-0.4, -0.2) is 22.9 Å². The van der Waals surface area contributed by atoms with Gasteiger partial charge in [-0.05, 0) is 48.9 Å². The lowest BCUT2D eigenvalue weighted by Gasteiger charge is -2.13. The van der Waals surface area contributed by atoms with E-state index in [0.29, 0.717) is 11.3 Å². The first-order valence-corrected chi connectivity index (χ1v) is 10.5. The first kappa shape index (κ1) is 25.7. The topological polar surface area (TPSA) is 158 Å². The predicted molar refractivity (Wildman–Crippen MR) is 131 cm³/mol. The Morgan fingerprint density at radius 2 is 1.75 bits per heavy atom. The molecule has 0 heterocycles. The van der Waals surface area contributed by atoms with Gasteiger partial charge in [0.25, 0.3) is 11.6 Å². The number of methoxy groups -OCH3 is 1. The van der Waals surface area contributed by atoms with Crippen LogP contribution in [0.25, 0.3) is 6.08 Å². The third-order valence-electron chi connectivity index (χ3n) is 4.80. The van der Waals surface area contributed by atoms with Gasteiger partial charge in [-0.3, -0.25) is 25.0 Å². The fourth-order valence-electron chi connectivity index (χ4n) is 3.03. The van der Waals surface area contributed by atoms with Crippen molar-refractivity contribution in [3.63, 3.8) is 0 Å². The Hall–Kier alpha value is -4.95.